The third kappa shape index (κ3) is 3.30. The number of hydrogen-bond acceptors (Lipinski definition) is 5. The van der Waals surface area contributed by atoms with Gasteiger partial charge in [-0.2, -0.15) is 0 Å². The van der Waals surface area contributed by atoms with Gasteiger partial charge in [0, 0.05) is 11.1 Å². The van der Waals surface area contributed by atoms with E-state index in [9.17, 15) is 4.79 Å². The molecule has 5 nitrogen and oxygen atoms in total. The van der Waals surface area contributed by atoms with Gasteiger partial charge in [-0.3, -0.25) is 0 Å². The van der Waals surface area contributed by atoms with E-state index in [0.717, 1.165) is 16.7 Å². The highest BCUT2D eigenvalue weighted by Crippen LogP contribution is 2.28. The second kappa shape index (κ2) is 7.00. The Bertz CT molecular complexity index is 863. The maximum Gasteiger partial charge on any atom is 0.378 e. The quantitative estimate of drug-likeness (QED) is 0.686. The van der Waals surface area contributed by atoms with E-state index in [1.807, 2.05) is 61.5 Å². The molecule has 0 amide bonds. The number of rotatable bonds is 4. The Morgan fingerprint density at radius 1 is 0.958 bits per heavy atom. The van der Waals surface area contributed by atoms with Crippen LogP contribution in [0.1, 0.15) is 23.1 Å². The van der Waals surface area contributed by atoms with Crippen molar-refractivity contribution in [3.05, 3.63) is 66.0 Å². The Labute approximate surface area is 140 Å². The molecule has 24 heavy (non-hydrogen) atoms. The van der Waals surface area contributed by atoms with Crippen LogP contribution < -0.4 is 0 Å². The molecule has 0 saturated heterocycles. The zero-order valence-electron chi connectivity index (χ0n) is 13.6. The molecule has 0 N–H and O–H groups in total. The van der Waals surface area contributed by atoms with Crippen LogP contribution in [0.5, 0.6) is 0 Å². The first-order chi connectivity index (χ1) is 11.7. The minimum absolute atomic E-state index is 0.0342. The number of esters is 1. The zero-order chi connectivity index (χ0) is 16.9. The summed E-state index contributed by atoms with van der Waals surface area (Å²) < 4.78 is 4.98. The molecular formula is C19H17N3O2. The van der Waals surface area contributed by atoms with Crippen LogP contribution in [0.2, 0.25) is 0 Å². The molecule has 0 aliphatic carbocycles. The number of aryl methyl sites for hydroxylation is 1. The fourth-order valence-electron chi connectivity index (χ4n) is 2.39. The molecule has 0 bridgehead atoms. The van der Waals surface area contributed by atoms with Crippen molar-refractivity contribution >= 4 is 5.97 Å². The molecule has 2 aromatic carbocycles. The highest BCUT2D eigenvalue weighted by molar-refractivity contribution is 5.87. The fraction of sp³-hybridized carbons (Fsp3) is 0.158. The van der Waals surface area contributed by atoms with Crippen molar-refractivity contribution in [1.29, 1.82) is 0 Å². The minimum Gasteiger partial charge on any atom is -0.460 e. The van der Waals surface area contributed by atoms with Gasteiger partial charge < -0.3 is 4.74 Å². The normalized spacial score (nSPS) is 10.4. The predicted molar refractivity (Wildman–Crippen MR) is 91.4 cm³/mol. The van der Waals surface area contributed by atoms with E-state index in [1.165, 1.54) is 0 Å². The van der Waals surface area contributed by atoms with E-state index in [-0.39, 0.29) is 12.4 Å². The van der Waals surface area contributed by atoms with Gasteiger partial charge in [-0.25, -0.2) is 9.78 Å². The summed E-state index contributed by atoms with van der Waals surface area (Å²) in [6, 6.07) is 17.6. The largest absolute Gasteiger partial charge is 0.460 e. The van der Waals surface area contributed by atoms with E-state index in [2.05, 4.69) is 15.2 Å². The van der Waals surface area contributed by atoms with Gasteiger partial charge in [-0.15, -0.1) is 10.2 Å². The van der Waals surface area contributed by atoms with E-state index >= 15 is 0 Å². The lowest BCUT2D eigenvalue weighted by molar-refractivity contribution is 0.0510. The Hall–Kier alpha value is -3.08. The van der Waals surface area contributed by atoms with Gasteiger partial charge in [0.2, 0.25) is 0 Å². The number of benzene rings is 2. The summed E-state index contributed by atoms with van der Waals surface area (Å²) in [7, 11) is 0. The number of aromatic nitrogens is 3. The highest BCUT2D eigenvalue weighted by atomic mass is 16.5. The van der Waals surface area contributed by atoms with Crippen molar-refractivity contribution in [3.8, 4) is 22.5 Å². The molecule has 0 unspecified atom stereocenters. The Kier molecular flexibility index (Phi) is 4.61. The molecule has 0 fully saturated rings. The van der Waals surface area contributed by atoms with Crippen molar-refractivity contribution in [2.45, 2.75) is 13.8 Å². The Morgan fingerprint density at radius 2 is 1.71 bits per heavy atom. The molecule has 0 aliphatic rings. The topological polar surface area (TPSA) is 65.0 Å². The summed E-state index contributed by atoms with van der Waals surface area (Å²) in [5.41, 5.74) is 4.12. The van der Waals surface area contributed by atoms with Crippen molar-refractivity contribution in [3.63, 3.8) is 0 Å². The SMILES string of the molecule is CCOC(=O)c1nnc(-c2ccccc2)c(-c2cccc(C)c2)n1. The van der Waals surface area contributed by atoms with E-state index in [0.29, 0.717) is 11.4 Å². The summed E-state index contributed by atoms with van der Waals surface area (Å²) in [5.74, 6) is -0.605. The first-order valence-electron chi connectivity index (χ1n) is 7.73. The third-order valence-electron chi connectivity index (χ3n) is 3.48. The lowest BCUT2D eigenvalue weighted by Gasteiger charge is -2.09. The van der Waals surface area contributed by atoms with Gasteiger partial charge >= 0.3 is 5.97 Å². The average Bonchev–Trinajstić information content (AvgIpc) is 2.62. The van der Waals surface area contributed by atoms with Crippen LogP contribution in [0, 0.1) is 6.92 Å². The molecule has 5 heteroatoms. The van der Waals surface area contributed by atoms with Gasteiger partial charge in [0.15, 0.2) is 0 Å². The molecule has 120 valence electrons. The summed E-state index contributed by atoms with van der Waals surface area (Å²) in [6.07, 6.45) is 0. The predicted octanol–water partition coefficient (Wildman–Crippen LogP) is 3.69. The maximum atomic E-state index is 12.0. The number of carbonyl (C=O) groups is 1. The summed E-state index contributed by atoms with van der Waals surface area (Å²) in [6.45, 7) is 4.01. The molecule has 0 saturated carbocycles. The van der Waals surface area contributed by atoms with E-state index in [1.54, 1.807) is 6.92 Å². The van der Waals surface area contributed by atoms with Gasteiger partial charge in [0.1, 0.15) is 11.4 Å². The fourth-order valence-corrected chi connectivity index (χ4v) is 2.39. The zero-order valence-corrected chi connectivity index (χ0v) is 13.6. The standard InChI is InChI=1S/C19H17N3O2/c1-3-24-19(23)18-20-16(15-11-7-8-13(2)12-15)17(21-22-18)14-9-5-4-6-10-14/h4-12H,3H2,1-2H3. The van der Waals surface area contributed by atoms with Crippen LogP contribution in [0.3, 0.4) is 0 Å². The van der Waals surface area contributed by atoms with E-state index in [4.69, 9.17) is 4.74 Å². The maximum absolute atomic E-state index is 12.0. The monoisotopic (exact) mass is 319 g/mol. The van der Waals surface area contributed by atoms with Crippen molar-refractivity contribution in [2.24, 2.45) is 0 Å². The summed E-state index contributed by atoms with van der Waals surface area (Å²) in [5, 5.41) is 8.19. The molecule has 0 aliphatic heterocycles. The minimum atomic E-state index is -0.571. The molecule has 3 aromatic rings. The van der Waals surface area contributed by atoms with Crippen LogP contribution in [0.4, 0.5) is 0 Å². The highest BCUT2D eigenvalue weighted by Gasteiger charge is 2.18. The number of ether oxygens (including phenoxy) is 1. The number of hydrogen-bond donors (Lipinski definition) is 0. The third-order valence-corrected chi connectivity index (χ3v) is 3.48. The smallest absolute Gasteiger partial charge is 0.378 e. The molecule has 1 heterocycles. The van der Waals surface area contributed by atoms with Gasteiger partial charge in [0.25, 0.3) is 5.82 Å². The molecule has 0 radical (unpaired) electrons. The Morgan fingerprint density at radius 3 is 2.42 bits per heavy atom. The lowest BCUT2D eigenvalue weighted by atomic mass is 10.0. The molecule has 0 atom stereocenters. The summed E-state index contributed by atoms with van der Waals surface area (Å²) >= 11 is 0. The van der Waals surface area contributed by atoms with Crippen molar-refractivity contribution in [2.75, 3.05) is 6.61 Å². The van der Waals surface area contributed by atoms with Crippen LogP contribution in [-0.4, -0.2) is 27.8 Å². The first-order valence-corrected chi connectivity index (χ1v) is 7.73. The second-order valence-electron chi connectivity index (χ2n) is 5.29. The number of nitrogens with zero attached hydrogens (tertiary/aromatic N) is 3. The second-order valence-corrected chi connectivity index (χ2v) is 5.29. The summed E-state index contributed by atoms with van der Waals surface area (Å²) in [4.78, 5) is 16.4. The lowest BCUT2D eigenvalue weighted by Crippen LogP contribution is -2.12. The van der Waals surface area contributed by atoms with Crippen molar-refractivity contribution in [1.82, 2.24) is 15.2 Å². The number of carbonyl (C=O) groups excluding carboxylic acids is 1. The average molecular weight is 319 g/mol. The van der Waals surface area contributed by atoms with E-state index < -0.39 is 5.97 Å². The van der Waals surface area contributed by atoms with Gasteiger partial charge in [0.05, 0.1) is 6.61 Å². The molecule has 0 spiro atoms. The molecular weight excluding hydrogens is 302 g/mol. The van der Waals surface area contributed by atoms with Crippen molar-refractivity contribution < 1.29 is 9.53 Å². The van der Waals surface area contributed by atoms with Crippen LogP contribution >= 0.6 is 0 Å². The van der Waals surface area contributed by atoms with Crippen LogP contribution in [0.25, 0.3) is 22.5 Å². The molecule has 3 rings (SSSR count). The van der Waals surface area contributed by atoms with Crippen LogP contribution in [-0.2, 0) is 4.74 Å². The molecule has 1 aromatic heterocycles. The Balaban J connectivity index is 2.17. The first kappa shape index (κ1) is 15.8. The van der Waals surface area contributed by atoms with Crippen LogP contribution in [0.15, 0.2) is 54.6 Å². The van der Waals surface area contributed by atoms with Gasteiger partial charge in [-0.05, 0) is 19.9 Å². The van der Waals surface area contributed by atoms with Gasteiger partial charge in [-0.1, -0.05) is 54.1 Å².